The lowest BCUT2D eigenvalue weighted by Crippen LogP contribution is -2.47. The van der Waals surface area contributed by atoms with Gasteiger partial charge in [-0.05, 0) is 30.2 Å². The van der Waals surface area contributed by atoms with Gasteiger partial charge in [0.25, 0.3) is 0 Å². The van der Waals surface area contributed by atoms with Gasteiger partial charge in [-0.25, -0.2) is 0 Å². The van der Waals surface area contributed by atoms with Crippen LogP contribution in [0.3, 0.4) is 0 Å². The summed E-state index contributed by atoms with van der Waals surface area (Å²) >= 11 is 0. The van der Waals surface area contributed by atoms with Gasteiger partial charge in [0.1, 0.15) is 5.75 Å². The summed E-state index contributed by atoms with van der Waals surface area (Å²) in [5.41, 5.74) is 3.03. The molecule has 28 heavy (non-hydrogen) atoms. The molecule has 0 unspecified atom stereocenters. The van der Waals surface area contributed by atoms with Gasteiger partial charge in [0, 0.05) is 44.4 Å². The van der Waals surface area contributed by atoms with Crippen LogP contribution in [0.15, 0.2) is 54.6 Å². The van der Waals surface area contributed by atoms with Gasteiger partial charge < -0.3 is 9.64 Å². The van der Waals surface area contributed by atoms with Crippen molar-refractivity contribution in [3.8, 4) is 5.75 Å². The van der Waals surface area contributed by atoms with E-state index in [1.54, 1.807) is 23.1 Å². The Bertz CT molecular complexity index is 831. The molecule has 1 aliphatic heterocycles. The van der Waals surface area contributed by atoms with Gasteiger partial charge in [-0.15, -0.1) is 0 Å². The van der Waals surface area contributed by atoms with Crippen LogP contribution in [-0.4, -0.2) is 48.5 Å². The summed E-state index contributed by atoms with van der Waals surface area (Å²) in [5, 5.41) is 0. The molecule has 1 amide bonds. The largest absolute Gasteiger partial charge is 0.434 e. The SMILES string of the molecule is Cc1ccccc1CN1CCN(C(=O)/C=C/c2ccccc2OC(F)F)CC1. The van der Waals surface area contributed by atoms with E-state index >= 15 is 0 Å². The maximum Gasteiger partial charge on any atom is 0.387 e. The number of hydrogen-bond donors (Lipinski definition) is 0. The molecule has 4 nitrogen and oxygen atoms in total. The molecule has 0 saturated carbocycles. The summed E-state index contributed by atoms with van der Waals surface area (Å²) in [5.74, 6) is -0.0630. The topological polar surface area (TPSA) is 32.8 Å². The maximum atomic E-state index is 12.5. The second-order valence-electron chi connectivity index (χ2n) is 6.78. The molecule has 0 N–H and O–H groups in total. The Morgan fingerprint density at radius 2 is 1.75 bits per heavy atom. The number of carbonyl (C=O) groups excluding carboxylic acids is 1. The number of carbonyl (C=O) groups is 1. The van der Waals surface area contributed by atoms with Crippen LogP contribution < -0.4 is 4.74 Å². The molecule has 1 fully saturated rings. The van der Waals surface area contributed by atoms with Gasteiger partial charge in [0.05, 0.1) is 0 Å². The van der Waals surface area contributed by atoms with E-state index in [2.05, 4.69) is 28.7 Å². The minimum absolute atomic E-state index is 0.0598. The fourth-order valence-electron chi connectivity index (χ4n) is 3.24. The lowest BCUT2D eigenvalue weighted by Gasteiger charge is -2.34. The predicted octanol–water partition coefficient (Wildman–Crippen LogP) is 3.95. The molecule has 0 aromatic heterocycles. The highest BCUT2D eigenvalue weighted by Gasteiger charge is 2.20. The second kappa shape index (κ2) is 9.46. The summed E-state index contributed by atoms with van der Waals surface area (Å²) in [6.07, 6.45) is 2.95. The Kier molecular flexibility index (Phi) is 6.76. The molecule has 0 bridgehead atoms. The predicted molar refractivity (Wildman–Crippen MR) is 105 cm³/mol. The van der Waals surface area contributed by atoms with Crippen LogP contribution in [0.1, 0.15) is 16.7 Å². The first-order valence-corrected chi connectivity index (χ1v) is 9.30. The van der Waals surface area contributed by atoms with Crippen molar-refractivity contribution in [2.75, 3.05) is 26.2 Å². The van der Waals surface area contributed by atoms with E-state index in [1.807, 2.05) is 12.1 Å². The number of benzene rings is 2. The summed E-state index contributed by atoms with van der Waals surface area (Å²) < 4.78 is 29.5. The van der Waals surface area contributed by atoms with Crippen LogP contribution in [-0.2, 0) is 11.3 Å². The zero-order valence-electron chi connectivity index (χ0n) is 15.9. The van der Waals surface area contributed by atoms with Crippen LogP contribution in [0.5, 0.6) is 5.75 Å². The molecule has 148 valence electrons. The average Bonchev–Trinajstić information content (AvgIpc) is 2.69. The smallest absolute Gasteiger partial charge is 0.387 e. The number of piperazine rings is 1. The van der Waals surface area contributed by atoms with E-state index in [4.69, 9.17) is 0 Å². The minimum Gasteiger partial charge on any atom is -0.434 e. The molecular weight excluding hydrogens is 362 g/mol. The molecular formula is C22H24F2N2O2. The van der Waals surface area contributed by atoms with Crippen LogP contribution >= 0.6 is 0 Å². The Labute approximate surface area is 164 Å². The van der Waals surface area contributed by atoms with Crippen LogP contribution in [0, 0.1) is 6.92 Å². The third kappa shape index (κ3) is 5.39. The molecule has 0 spiro atoms. The lowest BCUT2D eigenvalue weighted by molar-refractivity contribution is -0.127. The average molecular weight is 386 g/mol. The standard InChI is InChI=1S/C22H24F2N2O2/c1-17-6-2-3-8-19(17)16-25-12-14-26(15-13-25)21(27)11-10-18-7-4-5-9-20(18)28-22(23)24/h2-11,22H,12-16H2,1H3/b11-10+. The third-order valence-electron chi connectivity index (χ3n) is 4.88. The van der Waals surface area contributed by atoms with Crippen LogP contribution in [0.2, 0.25) is 0 Å². The van der Waals surface area contributed by atoms with Crippen LogP contribution in [0.25, 0.3) is 6.08 Å². The molecule has 0 aliphatic carbocycles. The van der Waals surface area contributed by atoms with Crippen molar-refractivity contribution in [3.05, 3.63) is 71.3 Å². The number of para-hydroxylation sites is 1. The summed E-state index contributed by atoms with van der Waals surface area (Å²) in [6, 6.07) is 14.7. The first kappa shape index (κ1) is 20.0. The lowest BCUT2D eigenvalue weighted by atomic mass is 10.1. The highest BCUT2D eigenvalue weighted by molar-refractivity contribution is 5.92. The number of halogens is 2. The molecule has 1 aliphatic rings. The normalized spacial score (nSPS) is 15.4. The second-order valence-corrected chi connectivity index (χ2v) is 6.78. The fourth-order valence-corrected chi connectivity index (χ4v) is 3.24. The van der Waals surface area contributed by atoms with E-state index in [1.165, 1.54) is 29.3 Å². The monoisotopic (exact) mass is 386 g/mol. The molecule has 2 aromatic rings. The summed E-state index contributed by atoms with van der Waals surface area (Å²) in [4.78, 5) is 16.6. The Balaban J connectivity index is 1.54. The summed E-state index contributed by atoms with van der Waals surface area (Å²) in [6.45, 7) is 2.98. The van der Waals surface area contributed by atoms with Gasteiger partial charge in [-0.3, -0.25) is 9.69 Å². The summed E-state index contributed by atoms with van der Waals surface area (Å²) in [7, 11) is 0. The van der Waals surface area contributed by atoms with Crippen LogP contribution in [0.4, 0.5) is 8.78 Å². The zero-order valence-corrected chi connectivity index (χ0v) is 15.9. The van der Waals surface area contributed by atoms with Gasteiger partial charge >= 0.3 is 6.61 Å². The molecule has 0 radical (unpaired) electrons. The highest BCUT2D eigenvalue weighted by Crippen LogP contribution is 2.21. The fraction of sp³-hybridized carbons (Fsp3) is 0.318. The number of amides is 1. The maximum absolute atomic E-state index is 12.5. The van der Waals surface area contributed by atoms with Crippen molar-refractivity contribution in [1.29, 1.82) is 0 Å². The highest BCUT2D eigenvalue weighted by atomic mass is 19.3. The Morgan fingerprint density at radius 1 is 1.07 bits per heavy atom. The van der Waals surface area contributed by atoms with Crippen molar-refractivity contribution < 1.29 is 18.3 Å². The van der Waals surface area contributed by atoms with Crippen molar-refractivity contribution in [3.63, 3.8) is 0 Å². The number of nitrogens with zero attached hydrogens (tertiary/aromatic N) is 2. The first-order chi connectivity index (χ1) is 13.5. The number of ether oxygens (including phenoxy) is 1. The Hall–Kier alpha value is -2.73. The first-order valence-electron chi connectivity index (χ1n) is 9.30. The van der Waals surface area contributed by atoms with E-state index in [9.17, 15) is 13.6 Å². The molecule has 1 saturated heterocycles. The van der Waals surface area contributed by atoms with Crippen molar-refractivity contribution >= 4 is 12.0 Å². The van der Waals surface area contributed by atoms with Gasteiger partial charge in [0.15, 0.2) is 0 Å². The quantitative estimate of drug-likeness (QED) is 0.705. The molecule has 6 heteroatoms. The van der Waals surface area contributed by atoms with Crippen molar-refractivity contribution in [2.24, 2.45) is 0 Å². The molecule has 2 aromatic carbocycles. The Morgan fingerprint density at radius 3 is 2.46 bits per heavy atom. The number of rotatable bonds is 6. The molecule has 0 atom stereocenters. The minimum atomic E-state index is -2.90. The van der Waals surface area contributed by atoms with Crippen molar-refractivity contribution in [2.45, 2.75) is 20.1 Å². The van der Waals surface area contributed by atoms with E-state index in [0.29, 0.717) is 18.7 Å². The van der Waals surface area contributed by atoms with E-state index in [0.717, 1.165) is 19.6 Å². The zero-order chi connectivity index (χ0) is 19.9. The molecule has 1 heterocycles. The number of alkyl halides is 2. The van der Waals surface area contributed by atoms with Gasteiger partial charge in [-0.1, -0.05) is 42.5 Å². The van der Waals surface area contributed by atoms with Gasteiger partial charge in [-0.2, -0.15) is 8.78 Å². The number of hydrogen-bond acceptors (Lipinski definition) is 3. The molecule has 3 rings (SSSR count). The third-order valence-corrected chi connectivity index (χ3v) is 4.88. The van der Waals surface area contributed by atoms with Gasteiger partial charge in [0.2, 0.25) is 5.91 Å². The van der Waals surface area contributed by atoms with E-state index in [-0.39, 0.29) is 11.7 Å². The van der Waals surface area contributed by atoms with E-state index < -0.39 is 6.61 Å². The van der Waals surface area contributed by atoms with Crippen molar-refractivity contribution in [1.82, 2.24) is 9.80 Å². The number of aryl methyl sites for hydroxylation is 1.